The molecule has 8 heteroatoms. The number of para-hydroxylation sites is 1. The fourth-order valence-electron chi connectivity index (χ4n) is 2.91. The Kier molecular flexibility index (Phi) is 4.87. The second-order valence-corrected chi connectivity index (χ2v) is 5.75. The smallest absolute Gasteiger partial charge is 0.317 e. The molecule has 1 aromatic heterocycles. The Hall–Kier alpha value is -3.03. The van der Waals surface area contributed by atoms with E-state index in [0.717, 1.165) is 22.6 Å². The first-order chi connectivity index (χ1) is 12.1. The summed E-state index contributed by atoms with van der Waals surface area (Å²) in [7, 11) is 3.16. The van der Waals surface area contributed by atoms with Crippen molar-refractivity contribution in [2.45, 2.75) is 19.5 Å². The Balaban J connectivity index is 1.66. The summed E-state index contributed by atoms with van der Waals surface area (Å²) < 4.78 is 5.29. The highest BCUT2D eigenvalue weighted by Gasteiger charge is 2.27. The molecule has 0 unspecified atom stereocenters. The van der Waals surface area contributed by atoms with E-state index in [4.69, 9.17) is 4.74 Å². The van der Waals surface area contributed by atoms with Crippen LogP contribution in [0.1, 0.15) is 27.3 Å². The van der Waals surface area contributed by atoms with E-state index in [1.165, 1.54) is 0 Å². The molecule has 132 valence electrons. The molecule has 0 aliphatic carbocycles. The number of hydrogen-bond acceptors (Lipinski definition) is 4. The summed E-state index contributed by atoms with van der Waals surface area (Å²) in [5.41, 5.74) is 2.94. The molecular formula is C17H21N5O3. The van der Waals surface area contributed by atoms with Gasteiger partial charge in [-0.15, -0.1) is 0 Å². The van der Waals surface area contributed by atoms with Crippen LogP contribution in [0.15, 0.2) is 24.3 Å². The van der Waals surface area contributed by atoms with Crippen molar-refractivity contribution in [3.8, 4) is 5.75 Å². The Bertz CT molecular complexity index is 786. The monoisotopic (exact) mass is 343 g/mol. The van der Waals surface area contributed by atoms with E-state index in [0.29, 0.717) is 31.7 Å². The van der Waals surface area contributed by atoms with Crippen molar-refractivity contribution in [2.75, 3.05) is 20.7 Å². The summed E-state index contributed by atoms with van der Waals surface area (Å²) in [6, 6.07) is 7.37. The Labute approximate surface area is 145 Å². The lowest BCUT2D eigenvalue weighted by atomic mass is 10.1. The average molecular weight is 343 g/mol. The van der Waals surface area contributed by atoms with Crippen LogP contribution >= 0.6 is 0 Å². The molecule has 25 heavy (non-hydrogen) atoms. The van der Waals surface area contributed by atoms with Gasteiger partial charge in [0.25, 0.3) is 5.91 Å². The molecule has 2 heterocycles. The van der Waals surface area contributed by atoms with Gasteiger partial charge in [-0.05, 0) is 6.07 Å². The topological polar surface area (TPSA) is 99.4 Å². The van der Waals surface area contributed by atoms with Crippen LogP contribution in [0.3, 0.4) is 0 Å². The summed E-state index contributed by atoms with van der Waals surface area (Å²) in [4.78, 5) is 26.1. The van der Waals surface area contributed by atoms with Gasteiger partial charge in [-0.25, -0.2) is 4.79 Å². The van der Waals surface area contributed by atoms with E-state index in [9.17, 15) is 9.59 Å². The lowest BCUT2D eigenvalue weighted by molar-refractivity contribution is 0.0955. The molecule has 2 aromatic rings. The number of urea groups is 1. The van der Waals surface area contributed by atoms with Gasteiger partial charge in [0.2, 0.25) is 0 Å². The van der Waals surface area contributed by atoms with Gasteiger partial charge < -0.3 is 20.3 Å². The van der Waals surface area contributed by atoms with Crippen molar-refractivity contribution in [2.24, 2.45) is 0 Å². The molecule has 0 fully saturated rings. The maximum atomic E-state index is 12.5. The highest BCUT2D eigenvalue weighted by Crippen LogP contribution is 2.21. The number of hydrogen-bond donors (Lipinski definition) is 3. The van der Waals surface area contributed by atoms with Crippen LogP contribution in [0.4, 0.5) is 4.79 Å². The number of methoxy groups -OCH3 is 1. The summed E-state index contributed by atoms with van der Waals surface area (Å²) >= 11 is 0. The van der Waals surface area contributed by atoms with Crippen LogP contribution in [-0.2, 0) is 19.5 Å². The van der Waals surface area contributed by atoms with Gasteiger partial charge in [-0.3, -0.25) is 9.89 Å². The number of carbonyl (C=O) groups is 2. The lowest BCUT2D eigenvalue weighted by Crippen LogP contribution is -2.42. The minimum atomic E-state index is -0.256. The minimum Gasteiger partial charge on any atom is -0.496 e. The molecule has 0 saturated heterocycles. The molecule has 0 spiro atoms. The number of amides is 3. The third-order valence-corrected chi connectivity index (χ3v) is 4.29. The van der Waals surface area contributed by atoms with Crippen molar-refractivity contribution in [3.63, 3.8) is 0 Å². The van der Waals surface area contributed by atoms with Crippen LogP contribution < -0.4 is 15.4 Å². The van der Waals surface area contributed by atoms with Gasteiger partial charge in [-0.1, -0.05) is 18.2 Å². The Morgan fingerprint density at radius 1 is 1.36 bits per heavy atom. The molecule has 8 nitrogen and oxygen atoms in total. The number of rotatable bonds is 4. The van der Waals surface area contributed by atoms with Crippen LogP contribution in [0.2, 0.25) is 0 Å². The third-order valence-electron chi connectivity index (χ3n) is 4.29. The summed E-state index contributed by atoms with van der Waals surface area (Å²) in [6.07, 6.45) is 0.640. The predicted molar refractivity (Wildman–Crippen MR) is 91.3 cm³/mol. The van der Waals surface area contributed by atoms with E-state index in [2.05, 4.69) is 20.8 Å². The maximum absolute atomic E-state index is 12.5. The fourth-order valence-corrected chi connectivity index (χ4v) is 2.91. The van der Waals surface area contributed by atoms with E-state index in [1.807, 2.05) is 24.3 Å². The minimum absolute atomic E-state index is 0.180. The first kappa shape index (κ1) is 16.8. The Morgan fingerprint density at radius 2 is 2.16 bits per heavy atom. The standard InChI is InChI=1S/C17H21N5O3/c1-18-16(23)15-12-10-22(8-7-13(12)20-21-15)17(24)19-9-11-5-3-4-6-14(11)25-2/h3-6H,7-10H2,1-2H3,(H,18,23)(H,19,24)(H,20,21). The van der Waals surface area contributed by atoms with Gasteiger partial charge in [0.05, 0.1) is 13.7 Å². The van der Waals surface area contributed by atoms with Gasteiger partial charge >= 0.3 is 6.03 Å². The molecule has 0 radical (unpaired) electrons. The van der Waals surface area contributed by atoms with E-state index in [-0.39, 0.29) is 11.9 Å². The summed E-state index contributed by atoms with van der Waals surface area (Å²) in [6.45, 7) is 1.30. The fraction of sp³-hybridized carbons (Fsp3) is 0.353. The maximum Gasteiger partial charge on any atom is 0.317 e. The van der Waals surface area contributed by atoms with Gasteiger partial charge in [0, 0.05) is 43.4 Å². The van der Waals surface area contributed by atoms with Crippen LogP contribution in [0.25, 0.3) is 0 Å². The third kappa shape index (κ3) is 3.42. The Morgan fingerprint density at radius 3 is 2.92 bits per heavy atom. The molecule has 1 aliphatic heterocycles. The second-order valence-electron chi connectivity index (χ2n) is 5.75. The zero-order valence-corrected chi connectivity index (χ0v) is 14.3. The number of carbonyl (C=O) groups excluding carboxylic acids is 2. The number of benzene rings is 1. The summed E-state index contributed by atoms with van der Waals surface area (Å²) in [5.74, 6) is 0.481. The normalized spacial score (nSPS) is 13.1. The molecule has 3 amide bonds. The highest BCUT2D eigenvalue weighted by molar-refractivity contribution is 5.94. The number of nitrogens with one attached hydrogen (secondary N) is 3. The molecule has 1 aromatic carbocycles. The number of aromatic amines is 1. The molecule has 3 N–H and O–H groups in total. The largest absolute Gasteiger partial charge is 0.496 e. The van der Waals surface area contributed by atoms with Crippen molar-refractivity contribution < 1.29 is 14.3 Å². The van der Waals surface area contributed by atoms with Gasteiger partial charge in [-0.2, -0.15) is 5.10 Å². The van der Waals surface area contributed by atoms with E-state index in [1.54, 1.807) is 19.1 Å². The number of H-pyrrole nitrogens is 1. The first-order valence-corrected chi connectivity index (χ1v) is 8.07. The van der Waals surface area contributed by atoms with Crippen molar-refractivity contribution in [1.82, 2.24) is 25.7 Å². The molecule has 1 aliphatic rings. The lowest BCUT2D eigenvalue weighted by Gasteiger charge is -2.27. The van der Waals surface area contributed by atoms with Crippen LogP contribution in [0.5, 0.6) is 5.75 Å². The van der Waals surface area contributed by atoms with Gasteiger partial charge in [0.15, 0.2) is 5.69 Å². The average Bonchev–Trinajstić information content (AvgIpc) is 3.08. The quantitative estimate of drug-likeness (QED) is 0.772. The highest BCUT2D eigenvalue weighted by atomic mass is 16.5. The van der Waals surface area contributed by atoms with Crippen LogP contribution in [0, 0.1) is 0 Å². The first-order valence-electron chi connectivity index (χ1n) is 8.07. The number of ether oxygens (including phenoxy) is 1. The second kappa shape index (κ2) is 7.25. The SMILES string of the molecule is CNC(=O)c1n[nH]c2c1CN(C(=O)NCc1ccccc1OC)CC2. The van der Waals surface area contributed by atoms with Crippen molar-refractivity contribution in [1.29, 1.82) is 0 Å². The van der Waals surface area contributed by atoms with Crippen LogP contribution in [-0.4, -0.2) is 47.7 Å². The number of aromatic nitrogens is 2. The zero-order chi connectivity index (χ0) is 17.8. The molecule has 0 bridgehead atoms. The number of fused-ring (bicyclic) bond motifs is 1. The zero-order valence-electron chi connectivity index (χ0n) is 14.3. The molecule has 3 rings (SSSR count). The van der Waals surface area contributed by atoms with E-state index >= 15 is 0 Å². The van der Waals surface area contributed by atoms with E-state index < -0.39 is 0 Å². The van der Waals surface area contributed by atoms with Crippen molar-refractivity contribution >= 4 is 11.9 Å². The molecule has 0 saturated carbocycles. The number of nitrogens with zero attached hydrogens (tertiary/aromatic N) is 2. The van der Waals surface area contributed by atoms with Crippen molar-refractivity contribution in [3.05, 3.63) is 46.8 Å². The predicted octanol–water partition coefficient (Wildman–Crippen LogP) is 1.05. The molecule has 0 atom stereocenters. The summed E-state index contributed by atoms with van der Waals surface area (Å²) in [5, 5.41) is 12.4. The van der Waals surface area contributed by atoms with Gasteiger partial charge in [0.1, 0.15) is 5.75 Å². The molecular weight excluding hydrogens is 322 g/mol.